The summed E-state index contributed by atoms with van der Waals surface area (Å²) in [7, 11) is 0. The third kappa shape index (κ3) is 62.9. The van der Waals surface area contributed by atoms with Crippen molar-refractivity contribution in [3.8, 4) is 0 Å². The predicted octanol–water partition coefficient (Wildman–Crippen LogP) is 23.2. The Morgan fingerprint density at radius 2 is 0.440 bits per heavy atom. The fraction of sp³-hybridized carbons (Fsp3) is 0.928. The summed E-state index contributed by atoms with van der Waals surface area (Å²) in [6.07, 6.45) is 77.4. The molecule has 0 spiro atoms. The van der Waals surface area contributed by atoms with Crippen LogP contribution in [0.4, 0.5) is 0 Å². The van der Waals surface area contributed by atoms with E-state index in [0.29, 0.717) is 19.3 Å². The van der Waals surface area contributed by atoms with Crippen molar-refractivity contribution < 1.29 is 28.6 Å². The molecule has 0 radical (unpaired) electrons. The first-order chi connectivity index (χ1) is 37.0. The molecule has 75 heavy (non-hydrogen) atoms. The third-order valence-electron chi connectivity index (χ3n) is 15.8. The molecular weight excluding hydrogens is 925 g/mol. The maximum atomic E-state index is 12.8. The smallest absolute Gasteiger partial charge is 0.306 e. The average molecular weight is 1060 g/mol. The number of hydrogen-bond acceptors (Lipinski definition) is 6. The van der Waals surface area contributed by atoms with E-state index in [9.17, 15) is 14.4 Å². The van der Waals surface area contributed by atoms with Crippen molar-refractivity contribution >= 4 is 17.9 Å². The van der Waals surface area contributed by atoms with Crippen LogP contribution in [-0.2, 0) is 28.6 Å². The summed E-state index contributed by atoms with van der Waals surface area (Å²) in [5.41, 5.74) is 0. The largest absolute Gasteiger partial charge is 0.462 e. The van der Waals surface area contributed by atoms with E-state index in [1.54, 1.807) is 0 Å². The number of carbonyl (C=O) groups excluding carboxylic acids is 3. The van der Waals surface area contributed by atoms with Crippen LogP contribution >= 0.6 is 0 Å². The molecule has 0 aliphatic rings. The number of allylic oxidation sites excluding steroid dienone is 2. The highest BCUT2D eigenvalue weighted by Gasteiger charge is 2.19. The second-order valence-corrected chi connectivity index (χ2v) is 23.5. The quantitative estimate of drug-likeness (QED) is 0.0261. The first kappa shape index (κ1) is 73.2. The zero-order chi connectivity index (χ0) is 54.3. The highest BCUT2D eigenvalue weighted by molar-refractivity contribution is 5.71. The van der Waals surface area contributed by atoms with Gasteiger partial charge in [0.2, 0.25) is 0 Å². The molecule has 0 saturated carbocycles. The zero-order valence-corrected chi connectivity index (χ0v) is 51.1. The molecule has 0 aromatic heterocycles. The van der Waals surface area contributed by atoms with Gasteiger partial charge < -0.3 is 14.2 Å². The van der Waals surface area contributed by atoms with Crippen LogP contribution in [0, 0.1) is 0 Å². The summed E-state index contributed by atoms with van der Waals surface area (Å²) >= 11 is 0. The molecule has 0 heterocycles. The fourth-order valence-corrected chi connectivity index (χ4v) is 10.6. The molecule has 0 fully saturated rings. The Morgan fingerprint density at radius 3 is 0.667 bits per heavy atom. The molecule has 0 rings (SSSR count). The molecule has 0 saturated heterocycles. The molecule has 0 aliphatic carbocycles. The van der Waals surface area contributed by atoms with Crippen molar-refractivity contribution in [3.05, 3.63) is 12.2 Å². The lowest BCUT2D eigenvalue weighted by atomic mass is 10.0. The van der Waals surface area contributed by atoms with E-state index in [1.807, 2.05) is 0 Å². The number of esters is 3. The molecule has 0 N–H and O–H groups in total. The Labute approximate surface area is 469 Å². The number of carbonyl (C=O) groups is 3. The number of ether oxygens (including phenoxy) is 3. The summed E-state index contributed by atoms with van der Waals surface area (Å²) in [5.74, 6) is -0.861. The molecule has 1 atom stereocenters. The van der Waals surface area contributed by atoms with Gasteiger partial charge in [-0.15, -0.1) is 0 Å². The standard InChI is InChI=1S/C69H132O6/c1-4-7-10-13-15-17-19-21-23-25-27-28-29-30-31-32-33-34-35-36-37-38-39-40-41-42-44-45-47-49-51-53-56-59-62-68(71)74-65-66(64-73-67(70)61-58-55-12-9-6-3)75-69(72)63-60-57-54-52-50-48-46-43-26-24-22-20-18-16-14-11-8-5-2/h24,26,66H,4-23,25,27-65H2,1-3H3/b26-24-. The van der Waals surface area contributed by atoms with E-state index < -0.39 is 6.10 Å². The third-order valence-corrected chi connectivity index (χ3v) is 15.8. The maximum Gasteiger partial charge on any atom is 0.306 e. The second kappa shape index (κ2) is 64.7. The molecule has 0 bridgehead atoms. The van der Waals surface area contributed by atoms with E-state index >= 15 is 0 Å². The van der Waals surface area contributed by atoms with Crippen molar-refractivity contribution in [3.63, 3.8) is 0 Å². The van der Waals surface area contributed by atoms with Gasteiger partial charge in [-0.1, -0.05) is 341 Å². The Morgan fingerprint density at radius 1 is 0.253 bits per heavy atom. The van der Waals surface area contributed by atoms with Gasteiger partial charge in [0.05, 0.1) is 0 Å². The van der Waals surface area contributed by atoms with E-state index in [2.05, 4.69) is 32.9 Å². The monoisotopic (exact) mass is 1060 g/mol. The Balaban J connectivity index is 3.85. The fourth-order valence-electron chi connectivity index (χ4n) is 10.6. The van der Waals surface area contributed by atoms with Gasteiger partial charge in [-0.3, -0.25) is 14.4 Å². The van der Waals surface area contributed by atoms with E-state index in [1.165, 1.54) is 289 Å². The maximum absolute atomic E-state index is 12.8. The Hall–Kier alpha value is -1.85. The Kier molecular flexibility index (Phi) is 63.1. The van der Waals surface area contributed by atoms with Gasteiger partial charge in [0.15, 0.2) is 6.10 Å². The summed E-state index contributed by atoms with van der Waals surface area (Å²) in [6, 6.07) is 0. The lowest BCUT2D eigenvalue weighted by Gasteiger charge is -2.18. The van der Waals surface area contributed by atoms with Crippen molar-refractivity contribution in [1.29, 1.82) is 0 Å². The lowest BCUT2D eigenvalue weighted by Crippen LogP contribution is -2.30. The number of hydrogen-bond donors (Lipinski definition) is 0. The SMILES string of the molecule is CCCCCCCCC/C=C\CCCCCCCCCC(=O)OC(COC(=O)CCCCCCC)COC(=O)CCCCCCCCCCCCCCCCCCCCCCCCCCCCCCCCCCCC. The summed E-state index contributed by atoms with van der Waals surface area (Å²) in [6.45, 7) is 6.62. The van der Waals surface area contributed by atoms with Crippen molar-refractivity contribution in [1.82, 2.24) is 0 Å². The van der Waals surface area contributed by atoms with E-state index in [0.717, 1.165) is 64.2 Å². The highest BCUT2D eigenvalue weighted by Crippen LogP contribution is 2.19. The molecule has 6 nitrogen and oxygen atoms in total. The molecule has 0 aromatic rings. The van der Waals surface area contributed by atoms with Crippen LogP contribution in [0.3, 0.4) is 0 Å². The second-order valence-electron chi connectivity index (χ2n) is 23.5. The van der Waals surface area contributed by atoms with Crippen molar-refractivity contribution in [2.24, 2.45) is 0 Å². The normalized spacial score (nSPS) is 12.0. The summed E-state index contributed by atoms with van der Waals surface area (Å²) < 4.78 is 16.8. The number of unbranched alkanes of at least 4 members (excludes halogenated alkanes) is 51. The van der Waals surface area contributed by atoms with E-state index in [4.69, 9.17) is 14.2 Å². The van der Waals surface area contributed by atoms with Gasteiger partial charge >= 0.3 is 17.9 Å². The van der Waals surface area contributed by atoms with Crippen LogP contribution in [0.15, 0.2) is 12.2 Å². The average Bonchev–Trinajstić information content (AvgIpc) is 3.41. The van der Waals surface area contributed by atoms with Crippen LogP contribution in [0.5, 0.6) is 0 Å². The molecule has 0 aromatic carbocycles. The minimum absolute atomic E-state index is 0.0671. The van der Waals surface area contributed by atoms with Crippen molar-refractivity contribution in [2.45, 2.75) is 399 Å². The van der Waals surface area contributed by atoms with Gasteiger partial charge in [-0.05, 0) is 44.9 Å². The Bertz CT molecular complexity index is 1170. The summed E-state index contributed by atoms with van der Waals surface area (Å²) in [5, 5.41) is 0. The minimum atomic E-state index is -0.766. The molecule has 0 amide bonds. The zero-order valence-electron chi connectivity index (χ0n) is 51.1. The molecule has 1 unspecified atom stereocenters. The topological polar surface area (TPSA) is 78.9 Å². The summed E-state index contributed by atoms with van der Waals surface area (Å²) in [4.78, 5) is 37.9. The molecular formula is C69H132O6. The molecule has 0 aliphatic heterocycles. The molecule has 6 heteroatoms. The van der Waals surface area contributed by atoms with Crippen LogP contribution in [0.2, 0.25) is 0 Å². The number of rotatable bonds is 64. The van der Waals surface area contributed by atoms with Gasteiger partial charge in [0.1, 0.15) is 13.2 Å². The first-order valence-electron chi connectivity index (χ1n) is 34.2. The van der Waals surface area contributed by atoms with Gasteiger partial charge in [0, 0.05) is 19.3 Å². The van der Waals surface area contributed by atoms with Gasteiger partial charge in [-0.2, -0.15) is 0 Å². The highest BCUT2D eigenvalue weighted by atomic mass is 16.6. The van der Waals surface area contributed by atoms with E-state index in [-0.39, 0.29) is 31.1 Å². The van der Waals surface area contributed by atoms with Crippen LogP contribution in [-0.4, -0.2) is 37.2 Å². The predicted molar refractivity (Wildman–Crippen MR) is 326 cm³/mol. The van der Waals surface area contributed by atoms with Gasteiger partial charge in [0.25, 0.3) is 0 Å². The van der Waals surface area contributed by atoms with Crippen LogP contribution < -0.4 is 0 Å². The van der Waals surface area contributed by atoms with Crippen LogP contribution in [0.1, 0.15) is 393 Å². The molecule has 444 valence electrons. The van der Waals surface area contributed by atoms with Crippen molar-refractivity contribution in [2.75, 3.05) is 13.2 Å². The van der Waals surface area contributed by atoms with Gasteiger partial charge in [-0.25, -0.2) is 0 Å². The van der Waals surface area contributed by atoms with Crippen LogP contribution in [0.25, 0.3) is 0 Å². The first-order valence-corrected chi connectivity index (χ1v) is 34.2. The minimum Gasteiger partial charge on any atom is -0.462 e. The lowest BCUT2D eigenvalue weighted by molar-refractivity contribution is -0.167.